The zero-order valence-electron chi connectivity index (χ0n) is 15.8. The van der Waals surface area contributed by atoms with E-state index in [0.717, 1.165) is 42.1 Å². The highest BCUT2D eigenvalue weighted by molar-refractivity contribution is 7.92. The number of nitrogens with zero attached hydrogens (tertiary/aromatic N) is 3. The first-order chi connectivity index (χ1) is 14.4. The van der Waals surface area contributed by atoms with Gasteiger partial charge in [-0.3, -0.25) is 5.43 Å². The van der Waals surface area contributed by atoms with Crippen molar-refractivity contribution < 1.29 is 13.2 Å². The molecule has 0 radical (unpaired) electrons. The van der Waals surface area contributed by atoms with Crippen LogP contribution in [0.1, 0.15) is 17.7 Å². The van der Waals surface area contributed by atoms with Crippen molar-refractivity contribution in [1.82, 2.24) is 15.3 Å². The third-order valence-corrected chi connectivity index (χ3v) is 8.52. The molecule has 3 heterocycles. The molecule has 13 heteroatoms. The van der Waals surface area contributed by atoms with Crippen molar-refractivity contribution in [1.29, 1.82) is 0 Å². The van der Waals surface area contributed by atoms with E-state index in [1.54, 1.807) is 22.1 Å². The van der Waals surface area contributed by atoms with Crippen LogP contribution in [0.5, 0.6) is 0 Å². The second-order valence-electron chi connectivity index (χ2n) is 6.15. The SMILES string of the molecule is C=CCn1c(Cl)c(/C=N/NC(=S)NCC2CCCO2)s/c1=N\S(=O)(=O)c1cccs1. The number of halogens is 1. The summed E-state index contributed by atoms with van der Waals surface area (Å²) < 4.78 is 36.2. The molecular formula is C17H20ClN5O3S4. The lowest BCUT2D eigenvalue weighted by Crippen LogP contribution is -2.37. The van der Waals surface area contributed by atoms with Gasteiger partial charge in [0.2, 0.25) is 4.80 Å². The number of aromatic nitrogens is 1. The van der Waals surface area contributed by atoms with Gasteiger partial charge in [0.25, 0.3) is 10.0 Å². The Morgan fingerprint density at radius 3 is 3.03 bits per heavy atom. The lowest BCUT2D eigenvalue weighted by molar-refractivity contribution is 0.114. The molecule has 8 nitrogen and oxygen atoms in total. The number of nitrogens with one attached hydrogen (secondary N) is 2. The Kier molecular flexibility index (Phi) is 8.20. The highest BCUT2D eigenvalue weighted by Gasteiger charge is 2.17. The van der Waals surface area contributed by atoms with Gasteiger partial charge in [0.05, 0.1) is 17.2 Å². The monoisotopic (exact) mass is 505 g/mol. The van der Waals surface area contributed by atoms with Crippen LogP contribution in [0, 0.1) is 0 Å². The molecule has 1 saturated heterocycles. The van der Waals surface area contributed by atoms with Gasteiger partial charge in [-0.25, -0.2) is 0 Å². The molecule has 1 fully saturated rings. The maximum absolute atomic E-state index is 12.5. The number of hydrogen-bond acceptors (Lipinski definition) is 7. The van der Waals surface area contributed by atoms with Gasteiger partial charge < -0.3 is 14.6 Å². The molecule has 1 unspecified atom stereocenters. The summed E-state index contributed by atoms with van der Waals surface area (Å²) in [6.45, 7) is 5.38. The standard InChI is InChI=1S/C17H20ClN5O3S4/c1-2-7-23-15(18)13(11-20-21-16(27)19-10-12-5-3-8-26-12)29-17(23)22-30(24,25)14-6-4-9-28-14/h2,4,6,9,11-12H,1,3,5,7-8,10H2,(H2,19,21,27)/b20-11+,22-17-. The van der Waals surface area contributed by atoms with Gasteiger partial charge in [0, 0.05) is 19.7 Å². The Hall–Kier alpha value is -1.57. The van der Waals surface area contributed by atoms with E-state index in [-0.39, 0.29) is 15.1 Å². The van der Waals surface area contributed by atoms with Crippen LogP contribution in [0.3, 0.4) is 0 Å². The van der Waals surface area contributed by atoms with E-state index in [0.29, 0.717) is 28.2 Å². The minimum absolute atomic E-state index is 0.160. The number of sulfonamides is 1. The minimum Gasteiger partial charge on any atom is -0.376 e. The average molecular weight is 506 g/mol. The molecule has 2 aromatic heterocycles. The molecule has 0 amide bonds. The maximum Gasteiger partial charge on any atom is 0.294 e. The van der Waals surface area contributed by atoms with Crippen molar-refractivity contribution in [2.24, 2.45) is 9.50 Å². The van der Waals surface area contributed by atoms with E-state index in [1.807, 2.05) is 0 Å². The van der Waals surface area contributed by atoms with Gasteiger partial charge in [-0.2, -0.15) is 13.5 Å². The fourth-order valence-corrected chi connectivity index (χ4v) is 6.18. The second-order valence-corrected chi connectivity index (χ2v) is 10.7. The molecule has 162 valence electrons. The van der Waals surface area contributed by atoms with E-state index in [1.165, 1.54) is 12.3 Å². The van der Waals surface area contributed by atoms with Crippen LogP contribution in [0.25, 0.3) is 0 Å². The number of ether oxygens (including phenoxy) is 1. The largest absolute Gasteiger partial charge is 0.376 e. The summed E-state index contributed by atoms with van der Waals surface area (Å²) in [5, 5.41) is 9.48. The van der Waals surface area contributed by atoms with Crippen LogP contribution in [-0.2, 0) is 21.3 Å². The van der Waals surface area contributed by atoms with Gasteiger partial charge in [0.1, 0.15) is 9.36 Å². The van der Waals surface area contributed by atoms with E-state index >= 15 is 0 Å². The zero-order chi connectivity index (χ0) is 21.6. The van der Waals surface area contributed by atoms with Crippen LogP contribution >= 0.6 is 46.5 Å². The maximum atomic E-state index is 12.5. The van der Waals surface area contributed by atoms with Crippen LogP contribution in [0.2, 0.25) is 5.15 Å². The fraction of sp³-hybridized carbons (Fsp3) is 0.353. The van der Waals surface area contributed by atoms with Crippen molar-refractivity contribution in [3.8, 4) is 0 Å². The van der Waals surface area contributed by atoms with E-state index in [2.05, 4.69) is 26.8 Å². The van der Waals surface area contributed by atoms with Gasteiger partial charge in [-0.1, -0.05) is 35.1 Å². The highest BCUT2D eigenvalue weighted by atomic mass is 35.5. The summed E-state index contributed by atoms with van der Waals surface area (Å²) in [4.78, 5) is 0.766. The third kappa shape index (κ3) is 5.99. The minimum atomic E-state index is -3.83. The van der Waals surface area contributed by atoms with E-state index < -0.39 is 10.0 Å². The van der Waals surface area contributed by atoms with E-state index in [9.17, 15) is 8.42 Å². The van der Waals surface area contributed by atoms with Gasteiger partial charge >= 0.3 is 0 Å². The smallest absolute Gasteiger partial charge is 0.294 e. The van der Waals surface area contributed by atoms with Crippen molar-refractivity contribution in [2.45, 2.75) is 29.7 Å². The van der Waals surface area contributed by atoms with Crippen molar-refractivity contribution in [3.05, 3.63) is 45.0 Å². The molecule has 2 aromatic rings. The van der Waals surface area contributed by atoms with Crippen molar-refractivity contribution in [2.75, 3.05) is 13.2 Å². The molecule has 1 aliphatic rings. The highest BCUT2D eigenvalue weighted by Crippen LogP contribution is 2.20. The Morgan fingerprint density at radius 2 is 2.37 bits per heavy atom. The first-order valence-electron chi connectivity index (χ1n) is 8.94. The second kappa shape index (κ2) is 10.6. The lowest BCUT2D eigenvalue weighted by atomic mass is 10.2. The molecule has 0 saturated carbocycles. The molecule has 0 bridgehead atoms. The van der Waals surface area contributed by atoms with Crippen molar-refractivity contribution >= 4 is 67.8 Å². The summed E-state index contributed by atoms with van der Waals surface area (Å²) >= 11 is 13.8. The molecule has 0 aromatic carbocycles. The predicted octanol–water partition coefficient (Wildman–Crippen LogP) is 2.72. The number of thiazole rings is 1. The Bertz CT molecular complexity index is 1080. The molecule has 1 atom stereocenters. The van der Waals surface area contributed by atoms with Gasteiger partial charge in [-0.05, 0) is 36.5 Å². The third-order valence-electron chi connectivity index (χ3n) is 3.99. The van der Waals surface area contributed by atoms with Gasteiger partial charge in [-0.15, -0.1) is 22.3 Å². The van der Waals surface area contributed by atoms with Crippen LogP contribution in [-0.4, -0.2) is 43.6 Å². The molecule has 2 N–H and O–H groups in total. The lowest BCUT2D eigenvalue weighted by Gasteiger charge is -2.11. The number of allylic oxidation sites excluding steroid dienone is 1. The molecular weight excluding hydrogens is 486 g/mol. The topological polar surface area (TPSA) is 97.1 Å². The summed E-state index contributed by atoms with van der Waals surface area (Å²) in [5.74, 6) is 0. The fourth-order valence-electron chi connectivity index (χ4n) is 2.61. The molecule has 0 aliphatic carbocycles. The summed E-state index contributed by atoms with van der Waals surface area (Å²) in [6.07, 6.45) is 5.31. The normalized spacial score (nSPS) is 17.5. The number of thiophene rings is 1. The number of hydrazone groups is 1. The molecule has 30 heavy (non-hydrogen) atoms. The molecule has 1 aliphatic heterocycles. The predicted molar refractivity (Wildman–Crippen MR) is 125 cm³/mol. The number of rotatable bonds is 8. The summed E-state index contributed by atoms with van der Waals surface area (Å²) in [7, 11) is -3.83. The number of thiocarbonyl (C=S) groups is 1. The molecule has 3 rings (SSSR count). The Morgan fingerprint density at radius 1 is 1.53 bits per heavy atom. The quantitative estimate of drug-likeness (QED) is 0.248. The van der Waals surface area contributed by atoms with Crippen LogP contribution in [0.4, 0.5) is 0 Å². The Balaban J connectivity index is 1.74. The summed E-state index contributed by atoms with van der Waals surface area (Å²) in [6, 6.07) is 3.17. The number of hydrogen-bond donors (Lipinski definition) is 2. The van der Waals surface area contributed by atoms with Crippen LogP contribution in [0.15, 0.2) is 43.9 Å². The van der Waals surface area contributed by atoms with Gasteiger partial charge in [0.15, 0.2) is 5.11 Å². The first kappa shape index (κ1) is 23.1. The molecule has 0 spiro atoms. The Labute approximate surface area is 193 Å². The van der Waals surface area contributed by atoms with E-state index in [4.69, 9.17) is 28.6 Å². The zero-order valence-corrected chi connectivity index (χ0v) is 19.8. The average Bonchev–Trinajstić information content (AvgIpc) is 3.46. The first-order valence-corrected chi connectivity index (χ1v) is 12.9. The summed E-state index contributed by atoms with van der Waals surface area (Å²) in [5.41, 5.74) is 2.72. The van der Waals surface area contributed by atoms with Crippen molar-refractivity contribution in [3.63, 3.8) is 0 Å². The van der Waals surface area contributed by atoms with Crippen LogP contribution < -0.4 is 15.5 Å².